The van der Waals surface area contributed by atoms with Crippen LogP contribution in [0.25, 0.3) is 0 Å². The van der Waals surface area contributed by atoms with Crippen LogP contribution in [0.5, 0.6) is 17.2 Å². The van der Waals surface area contributed by atoms with E-state index in [1.165, 1.54) is 0 Å². The summed E-state index contributed by atoms with van der Waals surface area (Å²) in [4.78, 5) is 23.8. The molecule has 8 heteroatoms. The Morgan fingerprint density at radius 2 is 1.80 bits per heavy atom. The maximum Gasteiger partial charge on any atom is 0.262 e. The molecule has 2 aliphatic heterocycles. The molecule has 7 nitrogen and oxygen atoms in total. The molecule has 0 unspecified atom stereocenters. The van der Waals surface area contributed by atoms with Crippen LogP contribution < -0.4 is 24.8 Å². The summed E-state index contributed by atoms with van der Waals surface area (Å²) in [6.45, 7) is 0.822. The van der Waals surface area contributed by atoms with Gasteiger partial charge in [-0.2, -0.15) is 0 Å². The van der Waals surface area contributed by atoms with Crippen molar-refractivity contribution in [2.45, 2.75) is 0 Å². The maximum atomic E-state index is 12.5. The zero-order valence-electron chi connectivity index (χ0n) is 12.9. The number of anilines is 2. The lowest BCUT2D eigenvalue weighted by molar-refractivity contribution is -0.118. The smallest absolute Gasteiger partial charge is 0.262 e. The number of carbonyl (C=O) groups excluding carboxylic acids is 2. The number of amides is 2. The summed E-state index contributed by atoms with van der Waals surface area (Å²) < 4.78 is 16.3. The van der Waals surface area contributed by atoms with Gasteiger partial charge in [0.2, 0.25) is 0 Å². The first-order valence-electron chi connectivity index (χ1n) is 7.57. The monoisotopic (exact) mass is 360 g/mol. The van der Waals surface area contributed by atoms with Gasteiger partial charge in [0.15, 0.2) is 18.1 Å². The standard InChI is InChI=1S/C17H13ClN2O5/c18-10-6-14-15(24-4-3-23-14)7-12(10)20-17(22)9-1-2-11-13(5-9)25-8-16(21)19-11/h1-2,5-7H,3-4,8H2,(H,19,21)(H,20,22). The highest BCUT2D eigenvalue weighted by Gasteiger charge is 2.20. The van der Waals surface area contributed by atoms with Crippen LogP contribution in [-0.2, 0) is 4.79 Å². The van der Waals surface area contributed by atoms with Gasteiger partial charge >= 0.3 is 0 Å². The van der Waals surface area contributed by atoms with Gasteiger partial charge in [-0.3, -0.25) is 9.59 Å². The van der Waals surface area contributed by atoms with Crippen LogP contribution >= 0.6 is 11.6 Å². The van der Waals surface area contributed by atoms with Gasteiger partial charge in [0, 0.05) is 17.7 Å². The topological polar surface area (TPSA) is 85.9 Å². The fraction of sp³-hybridized carbons (Fsp3) is 0.176. The second-order valence-electron chi connectivity index (χ2n) is 5.48. The van der Waals surface area contributed by atoms with Crippen molar-refractivity contribution in [1.29, 1.82) is 0 Å². The zero-order valence-corrected chi connectivity index (χ0v) is 13.7. The Bertz CT molecular complexity index is 884. The Kier molecular flexibility index (Phi) is 3.85. The molecule has 0 aliphatic carbocycles. The molecule has 0 saturated heterocycles. The van der Waals surface area contributed by atoms with Crippen LogP contribution in [0.1, 0.15) is 10.4 Å². The highest BCUT2D eigenvalue weighted by Crippen LogP contribution is 2.38. The van der Waals surface area contributed by atoms with E-state index in [2.05, 4.69) is 10.6 Å². The number of nitrogens with one attached hydrogen (secondary N) is 2. The highest BCUT2D eigenvalue weighted by molar-refractivity contribution is 6.34. The quantitative estimate of drug-likeness (QED) is 0.860. The number of hydrogen-bond acceptors (Lipinski definition) is 5. The minimum Gasteiger partial charge on any atom is -0.486 e. The predicted molar refractivity (Wildman–Crippen MR) is 91.0 cm³/mol. The van der Waals surface area contributed by atoms with Gasteiger partial charge < -0.3 is 24.8 Å². The van der Waals surface area contributed by atoms with Crippen molar-refractivity contribution in [2.24, 2.45) is 0 Å². The third-order valence-corrected chi connectivity index (χ3v) is 4.07. The van der Waals surface area contributed by atoms with E-state index >= 15 is 0 Å². The Labute approximate surface area is 147 Å². The number of ether oxygens (including phenoxy) is 3. The summed E-state index contributed by atoms with van der Waals surface area (Å²) in [6, 6.07) is 8.01. The molecule has 0 bridgehead atoms. The van der Waals surface area contributed by atoms with Crippen molar-refractivity contribution in [1.82, 2.24) is 0 Å². The molecule has 4 rings (SSSR count). The number of fused-ring (bicyclic) bond motifs is 2. The molecule has 0 radical (unpaired) electrons. The van der Waals surface area contributed by atoms with E-state index in [-0.39, 0.29) is 18.4 Å². The molecule has 0 spiro atoms. The lowest BCUT2D eigenvalue weighted by Crippen LogP contribution is -2.25. The molecule has 2 aromatic carbocycles. The van der Waals surface area contributed by atoms with Gasteiger partial charge in [0.25, 0.3) is 11.8 Å². The summed E-state index contributed by atoms with van der Waals surface area (Å²) in [6.07, 6.45) is 0. The Morgan fingerprint density at radius 3 is 2.60 bits per heavy atom. The van der Waals surface area contributed by atoms with Crippen LogP contribution in [-0.4, -0.2) is 31.6 Å². The second kappa shape index (κ2) is 6.18. The first-order chi connectivity index (χ1) is 12.1. The van der Waals surface area contributed by atoms with E-state index in [1.54, 1.807) is 30.3 Å². The minimum atomic E-state index is -0.359. The molecule has 2 aromatic rings. The molecule has 128 valence electrons. The van der Waals surface area contributed by atoms with Gasteiger partial charge in [0.1, 0.15) is 19.0 Å². The first kappa shape index (κ1) is 15.6. The van der Waals surface area contributed by atoms with E-state index in [0.29, 0.717) is 52.4 Å². The molecule has 0 aromatic heterocycles. The van der Waals surface area contributed by atoms with Crippen LogP contribution in [0.2, 0.25) is 5.02 Å². The minimum absolute atomic E-state index is 0.0773. The molecule has 2 N–H and O–H groups in total. The summed E-state index contributed by atoms with van der Waals surface area (Å²) in [5.74, 6) is 0.935. The Hall–Kier alpha value is -2.93. The molecular formula is C17H13ClN2O5. The zero-order chi connectivity index (χ0) is 17.4. The maximum absolute atomic E-state index is 12.5. The second-order valence-corrected chi connectivity index (χ2v) is 5.88. The first-order valence-corrected chi connectivity index (χ1v) is 7.95. The lowest BCUT2D eigenvalue weighted by Gasteiger charge is -2.20. The van der Waals surface area contributed by atoms with Crippen molar-refractivity contribution in [3.05, 3.63) is 40.9 Å². The van der Waals surface area contributed by atoms with Crippen LogP contribution in [0, 0.1) is 0 Å². The van der Waals surface area contributed by atoms with E-state index in [0.717, 1.165) is 0 Å². The predicted octanol–water partition coefficient (Wildman–Crippen LogP) is 2.69. The lowest BCUT2D eigenvalue weighted by atomic mass is 10.1. The SMILES string of the molecule is O=C1COc2cc(C(=O)Nc3cc4c(cc3Cl)OCCO4)ccc2N1. The number of benzene rings is 2. The normalized spacial score (nSPS) is 14.8. The molecular weight excluding hydrogens is 348 g/mol. The molecule has 2 amide bonds. The van der Waals surface area contributed by atoms with Crippen LogP contribution in [0.15, 0.2) is 30.3 Å². The van der Waals surface area contributed by atoms with Gasteiger partial charge in [-0.25, -0.2) is 0 Å². The van der Waals surface area contributed by atoms with Gasteiger partial charge in [-0.15, -0.1) is 0 Å². The average Bonchev–Trinajstić information content (AvgIpc) is 2.61. The number of rotatable bonds is 2. The van der Waals surface area contributed by atoms with Crippen molar-refractivity contribution >= 4 is 34.8 Å². The average molecular weight is 361 g/mol. The molecule has 0 saturated carbocycles. The Morgan fingerprint density at radius 1 is 1.04 bits per heavy atom. The summed E-state index contributed by atoms with van der Waals surface area (Å²) >= 11 is 6.20. The van der Waals surface area contributed by atoms with Crippen molar-refractivity contribution in [2.75, 3.05) is 30.5 Å². The van der Waals surface area contributed by atoms with Gasteiger partial charge in [0.05, 0.1) is 16.4 Å². The van der Waals surface area contributed by atoms with Crippen LogP contribution in [0.4, 0.5) is 11.4 Å². The summed E-state index contributed by atoms with van der Waals surface area (Å²) in [5.41, 5.74) is 1.33. The summed E-state index contributed by atoms with van der Waals surface area (Å²) in [5, 5.41) is 5.76. The van der Waals surface area contributed by atoms with E-state index < -0.39 is 0 Å². The molecule has 25 heavy (non-hydrogen) atoms. The van der Waals surface area contributed by atoms with Crippen molar-refractivity contribution < 1.29 is 23.8 Å². The molecule has 2 aliphatic rings. The molecule has 0 fully saturated rings. The fourth-order valence-electron chi connectivity index (χ4n) is 2.57. The fourth-order valence-corrected chi connectivity index (χ4v) is 2.77. The van der Waals surface area contributed by atoms with E-state index in [1.807, 2.05) is 0 Å². The van der Waals surface area contributed by atoms with Crippen molar-refractivity contribution in [3.63, 3.8) is 0 Å². The summed E-state index contributed by atoms with van der Waals surface area (Å²) in [7, 11) is 0. The molecule has 2 heterocycles. The van der Waals surface area contributed by atoms with Crippen LogP contribution in [0.3, 0.4) is 0 Å². The Balaban J connectivity index is 1.57. The van der Waals surface area contributed by atoms with Gasteiger partial charge in [-0.05, 0) is 18.2 Å². The van der Waals surface area contributed by atoms with Gasteiger partial charge in [-0.1, -0.05) is 11.6 Å². The van der Waals surface area contributed by atoms with E-state index in [4.69, 9.17) is 25.8 Å². The third kappa shape index (κ3) is 3.06. The largest absolute Gasteiger partial charge is 0.486 e. The number of halogens is 1. The highest BCUT2D eigenvalue weighted by atomic mass is 35.5. The van der Waals surface area contributed by atoms with Crippen molar-refractivity contribution in [3.8, 4) is 17.2 Å². The number of carbonyl (C=O) groups is 2. The van der Waals surface area contributed by atoms with E-state index in [9.17, 15) is 9.59 Å². The number of hydrogen-bond donors (Lipinski definition) is 2. The molecule has 0 atom stereocenters. The third-order valence-electron chi connectivity index (χ3n) is 3.76.